The van der Waals surface area contributed by atoms with E-state index in [1.165, 1.54) is 0 Å². The van der Waals surface area contributed by atoms with Gasteiger partial charge in [0.2, 0.25) is 0 Å². The minimum atomic E-state index is -0.863. The molecule has 0 atom stereocenters. The molecule has 0 aromatic heterocycles. The van der Waals surface area contributed by atoms with Crippen molar-refractivity contribution in [3.05, 3.63) is 70.8 Å². The molecule has 4 N–H and O–H groups in total. The number of aryl methyl sites for hydroxylation is 2. The Balaban J connectivity index is 0.000000364. The summed E-state index contributed by atoms with van der Waals surface area (Å²) in [6, 6.07) is 13.8. The second kappa shape index (κ2) is 8.50. The second-order valence-electron chi connectivity index (χ2n) is 4.24. The second-order valence-corrected chi connectivity index (χ2v) is 4.24. The Labute approximate surface area is 122 Å². The number of carboxylic acids is 2. The summed E-state index contributed by atoms with van der Waals surface area (Å²) in [7, 11) is 0. The maximum Gasteiger partial charge on any atom is 0.335 e. The van der Waals surface area contributed by atoms with Crippen LogP contribution in [0.15, 0.2) is 48.5 Å². The van der Waals surface area contributed by atoms with E-state index in [2.05, 4.69) is 0 Å². The summed E-state index contributed by atoms with van der Waals surface area (Å²) in [4.78, 5) is 20.8. The number of carbonyl (C=O) groups is 2. The molecule has 5 heteroatoms. The first kappa shape index (κ1) is 18.3. The maximum absolute atomic E-state index is 10.4. The van der Waals surface area contributed by atoms with Gasteiger partial charge in [-0.3, -0.25) is 0 Å². The number of hydrogen-bond donors (Lipinski definition) is 2. The van der Waals surface area contributed by atoms with Crippen LogP contribution in [0.5, 0.6) is 0 Å². The molecule has 0 fully saturated rings. The predicted octanol–water partition coefficient (Wildman–Crippen LogP) is 2.56. The molecule has 0 unspecified atom stereocenters. The van der Waals surface area contributed by atoms with Crippen molar-refractivity contribution in [1.82, 2.24) is 0 Å². The summed E-state index contributed by atoms with van der Waals surface area (Å²) >= 11 is 0. The van der Waals surface area contributed by atoms with Crippen LogP contribution >= 0.6 is 0 Å². The molecular formula is C16H18O5. The zero-order valence-corrected chi connectivity index (χ0v) is 11.8. The van der Waals surface area contributed by atoms with Crippen molar-refractivity contribution in [3.63, 3.8) is 0 Å². The molecule has 0 aliphatic carbocycles. The van der Waals surface area contributed by atoms with Gasteiger partial charge in [-0.2, -0.15) is 0 Å². The third-order valence-corrected chi connectivity index (χ3v) is 2.75. The molecule has 0 aliphatic heterocycles. The largest absolute Gasteiger partial charge is 0.478 e. The zero-order chi connectivity index (χ0) is 15.1. The molecule has 0 saturated carbocycles. The Morgan fingerprint density at radius 1 is 0.714 bits per heavy atom. The van der Waals surface area contributed by atoms with E-state index in [4.69, 9.17) is 10.2 Å². The highest BCUT2D eigenvalue weighted by Gasteiger charge is 2.03. The minimum absolute atomic E-state index is 0. The van der Waals surface area contributed by atoms with Gasteiger partial charge in [0.05, 0.1) is 11.1 Å². The van der Waals surface area contributed by atoms with Gasteiger partial charge in [-0.05, 0) is 37.1 Å². The smallest absolute Gasteiger partial charge is 0.335 e. The number of benzene rings is 2. The third-order valence-electron chi connectivity index (χ3n) is 2.75. The summed E-state index contributed by atoms with van der Waals surface area (Å²) < 4.78 is 0. The topological polar surface area (TPSA) is 106 Å². The number of rotatable bonds is 2. The highest BCUT2D eigenvalue weighted by Crippen LogP contribution is 2.06. The lowest BCUT2D eigenvalue weighted by Crippen LogP contribution is -1.97. The average molecular weight is 290 g/mol. The molecule has 21 heavy (non-hydrogen) atoms. The predicted molar refractivity (Wildman–Crippen MR) is 79.9 cm³/mol. The third kappa shape index (κ3) is 5.46. The van der Waals surface area contributed by atoms with Crippen molar-refractivity contribution in [1.29, 1.82) is 0 Å². The first-order chi connectivity index (χ1) is 9.43. The molecule has 0 bridgehead atoms. The molecule has 2 aromatic carbocycles. The van der Waals surface area contributed by atoms with Gasteiger partial charge >= 0.3 is 11.9 Å². The molecule has 0 heterocycles. The van der Waals surface area contributed by atoms with Gasteiger partial charge in [-0.25, -0.2) is 9.59 Å². The van der Waals surface area contributed by atoms with Crippen LogP contribution in [-0.2, 0) is 0 Å². The molecule has 2 aromatic rings. The molecular weight excluding hydrogens is 272 g/mol. The van der Waals surface area contributed by atoms with Gasteiger partial charge in [0, 0.05) is 0 Å². The minimum Gasteiger partial charge on any atom is -0.478 e. The van der Waals surface area contributed by atoms with E-state index in [9.17, 15) is 9.59 Å². The van der Waals surface area contributed by atoms with Gasteiger partial charge in [0.15, 0.2) is 0 Å². The van der Waals surface area contributed by atoms with Crippen LogP contribution in [0.4, 0.5) is 0 Å². The fourth-order valence-electron chi connectivity index (χ4n) is 1.63. The standard InChI is InChI=1S/2C8H8O2.H2O/c2*1-6-4-2-3-5-7(6)8(9)10;/h2*2-5H,1H3,(H,9,10);1H2. The Morgan fingerprint density at radius 2 is 1.00 bits per heavy atom. The Kier molecular flexibility index (Phi) is 7.42. The fraction of sp³-hybridized carbons (Fsp3) is 0.125. The van der Waals surface area contributed by atoms with Crippen LogP contribution in [0.3, 0.4) is 0 Å². The molecule has 112 valence electrons. The van der Waals surface area contributed by atoms with Gasteiger partial charge < -0.3 is 15.7 Å². The maximum atomic E-state index is 10.4. The molecule has 0 saturated heterocycles. The van der Waals surface area contributed by atoms with E-state index >= 15 is 0 Å². The van der Waals surface area contributed by atoms with Crippen LogP contribution < -0.4 is 0 Å². The number of hydrogen-bond acceptors (Lipinski definition) is 2. The SMILES string of the molecule is Cc1ccccc1C(=O)O.Cc1ccccc1C(=O)O.O. The van der Waals surface area contributed by atoms with Crippen LogP contribution in [0.25, 0.3) is 0 Å². The van der Waals surface area contributed by atoms with Crippen LogP contribution in [0, 0.1) is 13.8 Å². The fourth-order valence-corrected chi connectivity index (χ4v) is 1.63. The van der Waals surface area contributed by atoms with E-state index in [-0.39, 0.29) is 5.48 Å². The number of carboxylic acid groups (broad SMARTS) is 2. The van der Waals surface area contributed by atoms with Crippen molar-refractivity contribution in [2.45, 2.75) is 13.8 Å². The van der Waals surface area contributed by atoms with E-state index in [1.807, 2.05) is 12.1 Å². The quantitative estimate of drug-likeness (QED) is 0.886. The summed E-state index contributed by atoms with van der Waals surface area (Å²) in [5, 5.41) is 17.1. The van der Waals surface area contributed by atoms with Gasteiger partial charge in [-0.15, -0.1) is 0 Å². The summed E-state index contributed by atoms with van der Waals surface area (Å²) in [6.45, 7) is 3.56. The molecule has 0 spiro atoms. The van der Waals surface area contributed by atoms with E-state index in [1.54, 1.807) is 50.2 Å². The molecule has 0 radical (unpaired) electrons. The van der Waals surface area contributed by atoms with Crippen molar-refractivity contribution in [2.24, 2.45) is 0 Å². The van der Waals surface area contributed by atoms with Crippen molar-refractivity contribution >= 4 is 11.9 Å². The lowest BCUT2D eigenvalue weighted by molar-refractivity contribution is 0.0685. The lowest BCUT2D eigenvalue weighted by atomic mass is 10.1. The van der Waals surface area contributed by atoms with E-state index in [0.29, 0.717) is 11.1 Å². The van der Waals surface area contributed by atoms with Crippen LogP contribution in [-0.4, -0.2) is 27.6 Å². The lowest BCUT2D eigenvalue weighted by Gasteiger charge is -1.96. The molecule has 5 nitrogen and oxygen atoms in total. The Bertz CT molecular complexity index is 564. The van der Waals surface area contributed by atoms with Crippen LogP contribution in [0.2, 0.25) is 0 Å². The average Bonchev–Trinajstić information content (AvgIpc) is 2.40. The Hall–Kier alpha value is -2.66. The molecule has 0 aliphatic rings. The highest BCUT2D eigenvalue weighted by molar-refractivity contribution is 5.89. The molecule has 2 rings (SSSR count). The van der Waals surface area contributed by atoms with Crippen LogP contribution in [0.1, 0.15) is 31.8 Å². The number of aromatic carboxylic acids is 2. The van der Waals surface area contributed by atoms with Gasteiger partial charge in [-0.1, -0.05) is 36.4 Å². The Morgan fingerprint density at radius 3 is 1.19 bits per heavy atom. The van der Waals surface area contributed by atoms with Gasteiger partial charge in [0.25, 0.3) is 0 Å². The molecule has 0 amide bonds. The summed E-state index contributed by atoms with van der Waals surface area (Å²) in [5.41, 5.74) is 2.36. The van der Waals surface area contributed by atoms with Crippen molar-refractivity contribution in [3.8, 4) is 0 Å². The van der Waals surface area contributed by atoms with Crippen molar-refractivity contribution < 1.29 is 25.3 Å². The monoisotopic (exact) mass is 290 g/mol. The van der Waals surface area contributed by atoms with Gasteiger partial charge in [0.1, 0.15) is 0 Å². The van der Waals surface area contributed by atoms with Crippen molar-refractivity contribution in [2.75, 3.05) is 0 Å². The van der Waals surface area contributed by atoms with E-state index in [0.717, 1.165) is 11.1 Å². The highest BCUT2D eigenvalue weighted by atomic mass is 16.4. The first-order valence-electron chi connectivity index (χ1n) is 6.01. The first-order valence-corrected chi connectivity index (χ1v) is 6.01. The normalized spacial score (nSPS) is 8.86. The zero-order valence-electron chi connectivity index (χ0n) is 11.8. The summed E-state index contributed by atoms with van der Waals surface area (Å²) in [5.74, 6) is -1.73. The summed E-state index contributed by atoms with van der Waals surface area (Å²) in [6.07, 6.45) is 0. The van der Waals surface area contributed by atoms with E-state index < -0.39 is 11.9 Å².